The third-order valence-electron chi connectivity index (χ3n) is 3.35. The molecule has 0 aromatic rings. The highest BCUT2D eigenvalue weighted by Crippen LogP contribution is 2.45. The number of carbonyl (C=O) groups is 1. The van der Waals surface area contributed by atoms with Crippen molar-refractivity contribution < 1.29 is 9.90 Å². The van der Waals surface area contributed by atoms with Crippen LogP contribution in [0.4, 0.5) is 0 Å². The van der Waals surface area contributed by atoms with Crippen molar-refractivity contribution in [2.45, 2.75) is 31.7 Å². The topological polar surface area (TPSA) is 63.3 Å². The van der Waals surface area contributed by atoms with E-state index >= 15 is 0 Å². The number of nitrogens with two attached hydrogens (primary N) is 1. The van der Waals surface area contributed by atoms with Crippen LogP contribution in [0.5, 0.6) is 0 Å². The summed E-state index contributed by atoms with van der Waals surface area (Å²) in [7, 11) is 0. The second-order valence-electron chi connectivity index (χ2n) is 4.27. The number of hydrogen-bond acceptors (Lipinski definition) is 2. The Morgan fingerprint density at radius 3 is 2.67 bits per heavy atom. The van der Waals surface area contributed by atoms with Crippen LogP contribution in [0.25, 0.3) is 0 Å². The zero-order valence-electron chi connectivity index (χ0n) is 7.07. The van der Waals surface area contributed by atoms with Gasteiger partial charge in [-0.15, -0.1) is 0 Å². The minimum Gasteiger partial charge on any atom is -0.481 e. The lowest BCUT2D eigenvalue weighted by atomic mass is 9.84. The second kappa shape index (κ2) is 2.73. The fourth-order valence-electron chi connectivity index (χ4n) is 2.91. The normalized spacial score (nSPS) is 46.1. The largest absolute Gasteiger partial charge is 0.481 e. The monoisotopic (exact) mass is 169 g/mol. The van der Waals surface area contributed by atoms with Crippen LogP contribution in [0.3, 0.4) is 0 Å². The summed E-state index contributed by atoms with van der Waals surface area (Å²) >= 11 is 0. The van der Waals surface area contributed by atoms with Gasteiger partial charge in [-0.2, -0.15) is 0 Å². The standard InChI is InChI=1S/C9H15NO2/c10-7-2-5-1-6(4-7)8(3-5)9(11)12/h5-8H,1-4,10H2,(H,11,12). The van der Waals surface area contributed by atoms with Crippen LogP contribution >= 0.6 is 0 Å². The fraction of sp³-hybridized carbons (Fsp3) is 0.889. The molecule has 0 radical (unpaired) electrons. The summed E-state index contributed by atoms with van der Waals surface area (Å²) < 4.78 is 0. The number of aliphatic carboxylic acids is 1. The number of fused-ring (bicyclic) bond motifs is 2. The van der Waals surface area contributed by atoms with Crippen LogP contribution < -0.4 is 5.73 Å². The maximum absolute atomic E-state index is 10.8. The van der Waals surface area contributed by atoms with Crippen LogP contribution in [0, 0.1) is 17.8 Å². The summed E-state index contributed by atoms with van der Waals surface area (Å²) in [4.78, 5) is 10.8. The van der Waals surface area contributed by atoms with Crippen LogP contribution in [0.15, 0.2) is 0 Å². The Balaban J connectivity index is 2.09. The minimum atomic E-state index is -0.614. The van der Waals surface area contributed by atoms with Crippen LogP contribution in [-0.4, -0.2) is 17.1 Å². The van der Waals surface area contributed by atoms with E-state index in [0.29, 0.717) is 11.8 Å². The fourth-order valence-corrected chi connectivity index (χ4v) is 2.91. The van der Waals surface area contributed by atoms with Crippen molar-refractivity contribution in [1.29, 1.82) is 0 Å². The van der Waals surface area contributed by atoms with Crippen LogP contribution in [0.1, 0.15) is 25.7 Å². The highest BCUT2D eigenvalue weighted by Gasteiger charge is 2.43. The van der Waals surface area contributed by atoms with E-state index in [0.717, 1.165) is 25.7 Å². The molecule has 68 valence electrons. The molecule has 12 heavy (non-hydrogen) atoms. The number of carboxylic acid groups (broad SMARTS) is 1. The molecule has 4 atom stereocenters. The van der Waals surface area contributed by atoms with E-state index in [1.165, 1.54) is 0 Å². The lowest BCUT2D eigenvalue weighted by molar-refractivity contribution is -0.142. The summed E-state index contributed by atoms with van der Waals surface area (Å²) in [6.45, 7) is 0. The molecule has 2 bridgehead atoms. The lowest BCUT2D eigenvalue weighted by Gasteiger charge is -2.24. The highest BCUT2D eigenvalue weighted by atomic mass is 16.4. The van der Waals surface area contributed by atoms with Crippen molar-refractivity contribution in [2.75, 3.05) is 0 Å². The van der Waals surface area contributed by atoms with E-state index in [-0.39, 0.29) is 12.0 Å². The maximum Gasteiger partial charge on any atom is 0.306 e. The van der Waals surface area contributed by atoms with Gasteiger partial charge in [0.2, 0.25) is 0 Å². The van der Waals surface area contributed by atoms with Gasteiger partial charge < -0.3 is 10.8 Å². The molecule has 4 unspecified atom stereocenters. The summed E-state index contributed by atoms with van der Waals surface area (Å²) in [6, 6.07) is 0.262. The summed E-state index contributed by atoms with van der Waals surface area (Å²) in [5.74, 6) is 0.260. The van der Waals surface area contributed by atoms with Gasteiger partial charge in [-0.05, 0) is 37.5 Å². The summed E-state index contributed by atoms with van der Waals surface area (Å²) in [5.41, 5.74) is 5.82. The Morgan fingerprint density at radius 1 is 1.25 bits per heavy atom. The molecule has 0 aliphatic heterocycles. The van der Waals surface area contributed by atoms with Gasteiger partial charge in [-0.3, -0.25) is 4.79 Å². The van der Waals surface area contributed by atoms with E-state index in [2.05, 4.69) is 0 Å². The first-order chi connectivity index (χ1) is 5.66. The van der Waals surface area contributed by atoms with Gasteiger partial charge in [0.1, 0.15) is 0 Å². The zero-order valence-corrected chi connectivity index (χ0v) is 7.07. The first-order valence-corrected chi connectivity index (χ1v) is 4.65. The predicted octanol–water partition coefficient (Wildman–Crippen LogP) is 0.834. The Kier molecular flexibility index (Phi) is 1.83. The maximum atomic E-state index is 10.8. The van der Waals surface area contributed by atoms with Gasteiger partial charge >= 0.3 is 5.97 Å². The van der Waals surface area contributed by atoms with E-state index in [4.69, 9.17) is 10.8 Å². The first kappa shape index (κ1) is 8.05. The molecule has 2 fully saturated rings. The smallest absolute Gasteiger partial charge is 0.306 e. The van der Waals surface area contributed by atoms with Crippen molar-refractivity contribution in [3.63, 3.8) is 0 Å². The third kappa shape index (κ3) is 1.22. The molecule has 3 N–H and O–H groups in total. The van der Waals surface area contributed by atoms with Gasteiger partial charge in [0.15, 0.2) is 0 Å². The summed E-state index contributed by atoms with van der Waals surface area (Å²) in [6.07, 6.45) is 3.94. The van der Waals surface area contributed by atoms with Crippen molar-refractivity contribution in [3.8, 4) is 0 Å². The highest BCUT2D eigenvalue weighted by molar-refractivity contribution is 5.70. The predicted molar refractivity (Wildman–Crippen MR) is 44.5 cm³/mol. The van der Waals surface area contributed by atoms with Gasteiger partial charge in [0.05, 0.1) is 5.92 Å². The molecule has 0 aromatic carbocycles. The van der Waals surface area contributed by atoms with Crippen LogP contribution in [-0.2, 0) is 4.79 Å². The van der Waals surface area contributed by atoms with Crippen LogP contribution in [0.2, 0.25) is 0 Å². The van der Waals surface area contributed by atoms with E-state index < -0.39 is 5.97 Å². The van der Waals surface area contributed by atoms with Crippen molar-refractivity contribution in [2.24, 2.45) is 23.5 Å². The molecular formula is C9H15NO2. The number of hydrogen-bond donors (Lipinski definition) is 2. The average molecular weight is 169 g/mol. The molecule has 0 heterocycles. The molecule has 2 rings (SSSR count). The zero-order chi connectivity index (χ0) is 8.72. The third-order valence-corrected chi connectivity index (χ3v) is 3.35. The molecule has 0 spiro atoms. The van der Waals surface area contributed by atoms with Gasteiger partial charge in [-0.1, -0.05) is 0 Å². The van der Waals surface area contributed by atoms with Crippen molar-refractivity contribution in [3.05, 3.63) is 0 Å². The molecule has 2 aliphatic rings. The lowest BCUT2D eigenvalue weighted by Crippen LogP contribution is -2.30. The Morgan fingerprint density at radius 2 is 2.00 bits per heavy atom. The first-order valence-electron chi connectivity index (χ1n) is 4.65. The Hall–Kier alpha value is -0.570. The van der Waals surface area contributed by atoms with E-state index in [1.807, 2.05) is 0 Å². The van der Waals surface area contributed by atoms with Gasteiger partial charge in [-0.25, -0.2) is 0 Å². The second-order valence-corrected chi connectivity index (χ2v) is 4.27. The quantitative estimate of drug-likeness (QED) is 0.611. The average Bonchev–Trinajstić information content (AvgIpc) is 2.26. The molecule has 2 saturated carbocycles. The molecule has 3 heteroatoms. The molecule has 3 nitrogen and oxygen atoms in total. The molecule has 0 amide bonds. The molecule has 0 aromatic heterocycles. The summed E-state index contributed by atoms with van der Waals surface area (Å²) in [5, 5.41) is 8.91. The number of carboxylic acids is 1. The molecule has 2 aliphatic carbocycles. The van der Waals surface area contributed by atoms with E-state index in [9.17, 15) is 4.79 Å². The Labute approximate surface area is 71.9 Å². The van der Waals surface area contributed by atoms with Crippen molar-refractivity contribution >= 4 is 5.97 Å². The molecular weight excluding hydrogens is 154 g/mol. The van der Waals surface area contributed by atoms with Gasteiger partial charge in [0.25, 0.3) is 0 Å². The van der Waals surface area contributed by atoms with Crippen molar-refractivity contribution in [1.82, 2.24) is 0 Å². The number of rotatable bonds is 1. The van der Waals surface area contributed by atoms with Gasteiger partial charge in [0, 0.05) is 6.04 Å². The minimum absolute atomic E-state index is 0.0939. The SMILES string of the molecule is NC1CC2CC(C1)C(C(=O)O)C2. The van der Waals surface area contributed by atoms with E-state index in [1.54, 1.807) is 0 Å². The Bertz CT molecular complexity index is 205. The molecule has 0 saturated heterocycles.